The van der Waals surface area contributed by atoms with Crippen LogP contribution in [-0.4, -0.2) is 37.0 Å². The van der Waals surface area contributed by atoms with E-state index in [2.05, 4.69) is 0 Å². The summed E-state index contributed by atoms with van der Waals surface area (Å²) < 4.78 is 0. The first-order chi connectivity index (χ1) is 8.84. The number of carboxylic acids is 4. The average Bonchev–Trinajstić information content (AvgIpc) is 2.13. The molecule has 0 aliphatic carbocycles. The SMILES string of the molecule is CC(=O)[O-].CC(=O)[O-].CC(=O)[O-].CC(=O)[O-].NCCN.[Fe+3].[K+]. The molecule has 0 aromatic carbocycles. The van der Waals surface area contributed by atoms with Gasteiger partial charge < -0.3 is 51.1 Å². The third-order valence-electron chi connectivity index (χ3n) is 0.167. The molecule has 0 fully saturated rings. The summed E-state index contributed by atoms with van der Waals surface area (Å²) in [7, 11) is 0. The van der Waals surface area contributed by atoms with Crippen LogP contribution >= 0.6 is 0 Å². The molecule has 10 nitrogen and oxygen atoms in total. The maximum Gasteiger partial charge on any atom is 3.00 e. The zero-order chi connectivity index (χ0) is 17.7. The Labute approximate surface area is 182 Å². The van der Waals surface area contributed by atoms with Crippen LogP contribution in [0.4, 0.5) is 0 Å². The molecule has 0 heterocycles. The zero-order valence-corrected chi connectivity index (χ0v) is 17.4. The standard InChI is InChI=1S/C2H8N2.4C2H4O2.Fe.K/c3-1-2-4;4*1-2(3)4;;/h1-4H2;4*1H3,(H,3,4);;/q;;;;;+3;+1/p-4. The Kier molecular flexibility index (Phi) is 84.0. The molecule has 0 saturated heterocycles. The third-order valence-corrected chi connectivity index (χ3v) is 0.167. The molecule has 0 amide bonds. The minimum atomic E-state index is -1.08. The number of carbonyl (C=O) groups excluding carboxylic acids is 4. The van der Waals surface area contributed by atoms with Gasteiger partial charge in [-0.05, 0) is 27.7 Å². The Hall–Kier alpha value is -0.0442. The molecular weight excluding hydrogens is 371 g/mol. The normalized spacial score (nSPS) is 5.91. The van der Waals surface area contributed by atoms with Gasteiger partial charge in [-0.2, -0.15) is 0 Å². The van der Waals surface area contributed by atoms with Gasteiger partial charge in [-0.15, -0.1) is 0 Å². The zero-order valence-electron chi connectivity index (χ0n) is 13.2. The second-order valence-electron chi connectivity index (χ2n) is 2.54. The van der Waals surface area contributed by atoms with Crippen molar-refractivity contribution in [2.75, 3.05) is 13.1 Å². The van der Waals surface area contributed by atoms with Gasteiger partial charge in [0.15, 0.2) is 0 Å². The summed E-state index contributed by atoms with van der Waals surface area (Å²) in [5, 5.41) is 35.6. The summed E-state index contributed by atoms with van der Waals surface area (Å²) >= 11 is 0. The fourth-order valence-electron chi connectivity index (χ4n) is 0. The number of hydrogen-bond acceptors (Lipinski definition) is 10. The van der Waals surface area contributed by atoms with Crippen molar-refractivity contribution in [3.63, 3.8) is 0 Å². The van der Waals surface area contributed by atoms with Crippen molar-refractivity contribution in [2.24, 2.45) is 11.5 Å². The predicted octanol–water partition coefficient (Wildman–Crippen LogP) is -9.07. The summed E-state index contributed by atoms with van der Waals surface area (Å²) in [6, 6.07) is 0. The molecule has 0 aliphatic rings. The van der Waals surface area contributed by atoms with Gasteiger partial charge in [-0.25, -0.2) is 0 Å². The minimum Gasteiger partial charge on any atom is -0.550 e. The molecule has 0 bridgehead atoms. The van der Waals surface area contributed by atoms with Gasteiger partial charge in [-0.3, -0.25) is 0 Å². The molecule has 0 saturated carbocycles. The van der Waals surface area contributed by atoms with E-state index >= 15 is 0 Å². The van der Waals surface area contributed by atoms with Crippen molar-refractivity contribution in [1.29, 1.82) is 0 Å². The molecule has 12 heteroatoms. The largest absolute Gasteiger partial charge is 3.00 e. The van der Waals surface area contributed by atoms with Crippen LogP contribution in [0, 0.1) is 0 Å². The van der Waals surface area contributed by atoms with E-state index in [-0.39, 0.29) is 68.5 Å². The van der Waals surface area contributed by atoms with E-state index in [1.54, 1.807) is 0 Å². The van der Waals surface area contributed by atoms with Crippen LogP contribution in [0.25, 0.3) is 0 Å². The summed E-state index contributed by atoms with van der Waals surface area (Å²) in [4.78, 5) is 35.6. The van der Waals surface area contributed by atoms with Crippen LogP contribution in [-0.2, 0) is 36.2 Å². The van der Waals surface area contributed by atoms with Crippen LogP contribution in [0.2, 0.25) is 0 Å². The topological polar surface area (TPSA) is 213 Å². The van der Waals surface area contributed by atoms with Crippen molar-refractivity contribution < 1.29 is 108 Å². The summed E-state index contributed by atoms with van der Waals surface area (Å²) in [6.07, 6.45) is 0. The molecule has 1 radical (unpaired) electrons. The fraction of sp³-hybridized carbons (Fsp3) is 0.600. The van der Waals surface area contributed by atoms with Gasteiger partial charge in [-0.1, -0.05) is 0 Å². The van der Waals surface area contributed by atoms with Crippen molar-refractivity contribution in [3.05, 3.63) is 0 Å². The second-order valence-corrected chi connectivity index (χ2v) is 2.54. The Bertz CT molecular complexity index is 201. The summed E-state index contributed by atoms with van der Waals surface area (Å²) in [5.74, 6) is -4.33. The van der Waals surface area contributed by atoms with E-state index in [0.29, 0.717) is 13.1 Å². The maximum absolute atomic E-state index is 8.89. The van der Waals surface area contributed by atoms with E-state index in [9.17, 15) is 0 Å². The molecular formula is C10H20FeKN2O8. The maximum atomic E-state index is 8.89. The first-order valence-electron chi connectivity index (χ1n) is 4.95. The van der Waals surface area contributed by atoms with E-state index in [1.807, 2.05) is 0 Å². The third kappa shape index (κ3) is 7850. The number of rotatable bonds is 1. The molecule has 0 aromatic rings. The van der Waals surface area contributed by atoms with E-state index < -0.39 is 23.9 Å². The molecule has 0 aromatic heterocycles. The van der Waals surface area contributed by atoms with Gasteiger partial charge in [0.05, 0.1) is 0 Å². The van der Waals surface area contributed by atoms with Crippen molar-refractivity contribution in [1.82, 2.24) is 0 Å². The number of carboxylic acid groups (broad SMARTS) is 4. The summed E-state index contributed by atoms with van der Waals surface area (Å²) in [6.45, 7) is 5.08. The Balaban J connectivity index is -0.0000000250. The Morgan fingerprint density at radius 3 is 0.682 bits per heavy atom. The van der Waals surface area contributed by atoms with Crippen molar-refractivity contribution >= 4 is 23.9 Å². The van der Waals surface area contributed by atoms with E-state index in [0.717, 1.165) is 27.7 Å². The van der Waals surface area contributed by atoms with Crippen LogP contribution in [0.1, 0.15) is 27.7 Å². The molecule has 0 atom stereocenters. The summed E-state index contributed by atoms with van der Waals surface area (Å²) in [5.41, 5.74) is 9.81. The van der Waals surface area contributed by atoms with Gasteiger partial charge in [0.2, 0.25) is 0 Å². The molecule has 4 N–H and O–H groups in total. The number of hydrogen-bond donors (Lipinski definition) is 2. The van der Waals surface area contributed by atoms with Crippen LogP contribution in [0.3, 0.4) is 0 Å². The predicted molar refractivity (Wildman–Crippen MR) is 60.8 cm³/mol. The van der Waals surface area contributed by atoms with Crippen LogP contribution < -0.4 is 83.3 Å². The first-order valence-corrected chi connectivity index (χ1v) is 4.95. The molecule has 0 unspecified atom stereocenters. The minimum absolute atomic E-state index is 0. The van der Waals surface area contributed by atoms with Crippen molar-refractivity contribution in [2.45, 2.75) is 27.7 Å². The number of aliphatic carboxylic acids is 4. The quantitative estimate of drug-likeness (QED) is 0.403. The van der Waals surface area contributed by atoms with Gasteiger partial charge in [0, 0.05) is 37.0 Å². The van der Waals surface area contributed by atoms with Gasteiger partial charge in [0.25, 0.3) is 0 Å². The van der Waals surface area contributed by atoms with E-state index in [1.165, 1.54) is 0 Å². The molecule has 0 spiro atoms. The first kappa shape index (κ1) is 43.1. The van der Waals surface area contributed by atoms with Gasteiger partial charge >= 0.3 is 68.5 Å². The molecule has 0 aliphatic heterocycles. The van der Waals surface area contributed by atoms with Crippen LogP contribution in [0.5, 0.6) is 0 Å². The van der Waals surface area contributed by atoms with Crippen molar-refractivity contribution in [3.8, 4) is 0 Å². The smallest absolute Gasteiger partial charge is 0.550 e. The number of carbonyl (C=O) groups is 4. The molecule has 22 heavy (non-hydrogen) atoms. The second kappa shape index (κ2) is 42.8. The van der Waals surface area contributed by atoms with Gasteiger partial charge in [0.1, 0.15) is 0 Å². The fourth-order valence-corrected chi connectivity index (χ4v) is 0. The molecule has 0 rings (SSSR count). The Morgan fingerprint density at radius 1 is 0.636 bits per heavy atom. The molecule has 127 valence electrons. The monoisotopic (exact) mass is 391 g/mol. The van der Waals surface area contributed by atoms with Crippen LogP contribution in [0.15, 0.2) is 0 Å². The Morgan fingerprint density at radius 2 is 0.682 bits per heavy atom. The van der Waals surface area contributed by atoms with E-state index in [4.69, 9.17) is 51.1 Å². The number of nitrogens with two attached hydrogens (primary N) is 2. The average molecular weight is 391 g/mol.